The Morgan fingerprint density at radius 3 is 1.18 bits per heavy atom. The Labute approximate surface area is 249 Å². The first-order valence-electron chi connectivity index (χ1n) is 18.2. The molecule has 236 valence electrons. The molecule has 4 atom stereocenters. The van der Waals surface area contributed by atoms with Gasteiger partial charge in [-0.15, -0.1) is 0 Å². The summed E-state index contributed by atoms with van der Waals surface area (Å²) in [5.74, 6) is 0.00358. The molecule has 0 aliphatic carbocycles. The molecule has 2 aliphatic rings. The van der Waals surface area contributed by atoms with Crippen molar-refractivity contribution in [3.63, 3.8) is 0 Å². The van der Waals surface area contributed by atoms with E-state index in [1.807, 2.05) is 0 Å². The van der Waals surface area contributed by atoms with Gasteiger partial charge in [-0.25, -0.2) is 0 Å². The summed E-state index contributed by atoms with van der Waals surface area (Å²) in [6.07, 6.45) is 37.7. The van der Waals surface area contributed by atoms with Crippen LogP contribution in [-0.4, -0.2) is 37.0 Å². The van der Waals surface area contributed by atoms with E-state index in [2.05, 4.69) is 13.8 Å². The second-order valence-corrected chi connectivity index (χ2v) is 13.0. The maximum Gasteiger partial charge on any atom is 0.305 e. The summed E-state index contributed by atoms with van der Waals surface area (Å²) in [4.78, 5) is 12.0. The fourth-order valence-electron chi connectivity index (χ4n) is 6.18. The number of unbranched alkanes of at least 4 members (excludes halogenated alkanes) is 19. The minimum atomic E-state index is 0.00358. The number of rotatable bonds is 31. The largest absolute Gasteiger partial charge is 0.466 e. The third-order valence-corrected chi connectivity index (χ3v) is 9.08. The molecule has 2 aliphatic heterocycles. The first-order chi connectivity index (χ1) is 19.7. The highest BCUT2D eigenvalue weighted by Crippen LogP contribution is 2.33. The zero-order valence-corrected chi connectivity index (χ0v) is 26.9. The predicted octanol–water partition coefficient (Wildman–Crippen LogP) is 11.0. The smallest absolute Gasteiger partial charge is 0.305 e. The van der Waals surface area contributed by atoms with Crippen molar-refractivity contribution in [1.82, 2.24) is 0 Å². The molecule has 0 aromatic carbocycles. The molecule has 4 unspecified atom stereocenters. The van der Waals surface area contributed by atoms with E-state index in [1.54, 1.807) is 0 Å². The van der Waals surface area contributed by atoms with Crippen LogP contribution < -0.4 is 0 Å². The van der Waals surface area contributed by atoms with E-state index in [-0.39, 0.29) is 5.97 Å². The molecule has 0 saturated carbocycles. The Hall–Kier alpha value is -0.610. The first-order valence-corrected chi connectivity index (χ1v) is 18.2. The average molecular weight is 565 g/mol. The second kappa shape index (κ2) is 24.9. The van der Waals surface area contributed by atoms with Crippen LogP contribution in [0.3, 0.4) is 0 Å². The van der Waals surface area contributed by atoms with E-state index in [1.165, 1.54) is 154 Å². The van der Waals surface area contributed by atoms with Crippen molar-refractivity contribution in [2.24, 2.45) is 0 Å². The van der Waals surface area contributed by atoms with Crippen molar-refractivity contribution < 1.29 is 19.0 Å². The number of epoxide rings is 2. The molecule has 0 bridgehead atoms. The summed E-state index contributed by atoms with van der Waals surface area (Å²) < 4.78 is 17.2. The van der Waals surface area contributed by atoms with Crippen molar-refractivity contribution in [2.45, 2.75) is 218 Å². The van der Waals surface area contributed by atoms with Crippen molar-refractivity contribution >= 4 is 5.97 Å². The fraction of sp³-hybridized carbons (Fsp3) is 0.972. The van der Waals surface area contributed by atoms with E-state index in [0.717, 1.165) is 19.3 Å². The minimum Gasteiger partial charge on any atom is -0.466 e. The van der Waals surface area contributed by atoms with Crippen molar-refractivity contribution in [3.05, 3.63) is 0 Å². The van der Waals surface area contributed by atoms with Crippen molar-refractivity contribution in [1.29, 1.82) is 0 Å². The molecule has 4 heteroatoms. The average Bonchev–Trinajstić information content (AvgIpc) is 3.88. The standard InChI is InChI=1S/C36H68O4/c1-3-5-7-9-14-20-26-32-34(39-32)28-22-16-11-12-19-25-31-38-36(37)30-24-18-13-17-23-29-35-33(40-35)27-21-15-10-8-6-4-2/h32-35H,3-31H2,1-2H3. The lowest BCUT2D eigenvalue weighted by molar-refractivity contribution is -0.143. The molecule has 0 radical (unpaired) electrons. The van der Waals surface area contributed by atoms with Crippen LogP contribution in [0.25, 0.3) is 0 Å². The highest BCUT2D eigenvalue weighted by Gasteiger charge is 2.37. The van der Waals surface area contributed by atoms with Crippen LogP contribution in [0.2, 0.25) is 0 Å². The quantitative estimate of drug-likeness (QED) is 0.0477. The summed E-state index contributed by atoms with van der Waals surface area (Å²) in [7, 11) is 0. The first kappa shape index (κ1) is 35.6. The molecule has 2 fully saturated rings. The zero-order valence-electron chi connectivity index (χ0n) is 26.9. The number of hydrogen-bond donors (Lipinski definition) is 0. The second-order valence-electron chi connectivity index (χ2n) is 13.0. The molecule has 2 rings (SSSR count). The Kier molecular flexibility index (Phi) is 22.2. The molecular formula is C36H68O4. The third kappa shape index (κ3) is 20.3. The molecule has 0 aromatic heterocycles. The van der Waals surface area contributed by atoms with Crippen molar-refractivity contribution in [3.8, 4) is 0 Å². The van der Waals surface area contributed by atoms with Crippen LogP contribution in [0.5, 0.6) is 0 Å². The van der Waals surface area contributed by atoms with Crippen LogP contribution in [-0.2, 0) is 19.0 Å². The van der Waals surface area contributed by atoms with Gasteiger partial charge >= 0.3 is 5.97 Å². The van der Waals surface area contributed by atoms with Crippen LogP contribution in [0.4, 0.5) is 0 Å². The Bertz CT molecular complexity index is 579. The van der Waals surface area contributed by atoms with Gasteiger partial charge in [-0.2, -0.15) is 0 Å². The van der Waals surface area contributed by atoms with Gasteiger partial charge in [0.2, 0.25) is 0 Å². The number of carbonyl (C=O) groups is 1. The van der Waals surface area contributed by atoms with Gasteiger partial charge in [0, 0.05) is 6.42 Å². The molecule has 0 N–H and O–H groups in total. The van der Waals surface area contributed by atoms with Gasteiger partial charge in [-0.05, 0) is 38.5 Å². The monoisotopic (exact) mass is 565 g/mol. The maximum absolute atomic E-state index is 12.0. The minimum absolute atomic E-state index is 0.00358. The van der Waals surface area contributed by atoms with E-state index in [9.17, 15) is 4.79 Å². The van der Waals surface area contributed by atoms with E-state index >= 15 is 0 Å². The highest BCUT2D eigenvalue weighted by atomic mass is 16.6. The summed E-state index contributed by atoms with van der Waals surface area (Å²) in [5, 5.41) is 0. The van der Waals surface area contributed by atoms with Gasteiger partial charge in [-0.1, -0.05) is 149 Å². The lowest BCUT2D eigenvalue weighted by Gasteiger charge is -2.05. The third-order valence-electron chi connectivity index (χ3n) is 9.08. The lowest BCUT2D eigenvalue weighted by Crippen LogP contribution is -2.05. The predicted molar refractivity (Wildman–Crippen MR) is 169 cm³/mol. The normalized spacial score (nSPS) is 21.6. The SMILES string of the molecule is CCCCCCCCC1OC1CCCCCCCCOC(=O)CCCCCCCC1OC1CCCCCCCC. The number of carbonyl (C=O) groups excluding carboxylic acids is 1. The van der Waals surface area contributed by atoms with Gasteiger partial charge in [0.05, 0.1) is 31.0 Å². The molecule has 40 heavy (non-hydrogen) atoms. The number of esters is 1. The van der Waals surface area contributed by atoms with E-state index < -0.39 is 0 Å². The summed E-state index contributed by atoms with van der Waals surface area (Å²) in [6, 6.07) is 0. The van der Waals surface area contributed by atoms with Crippen LogP contribution in [0.15, 0.2) is 0 Å². The van der Waals surface area contributed by atoms with Gasteiger partial charge < -0.3 is 14.2 Å². The summed E-state index contributed by atoms with van der Waals surface area (Å²) in [6.45, 7) is 5.16. The Morgan fingerprint density at radius 2 is 0.775 bits per heavy atom. The highest BCUT2D eigenvalue weighted by molar-refractivity contribution is 5.69. The Balaban J connectivity index is 1.22. The van der Waals surface area contributed by atoms with E-state index in [4.69, 9.17) is 14.2 Å². The van der Waals surface area contributed by atoms with Gasteiger partial charge in [-0.3, -0.25) is 4.79 Å². The number of ether oxygens (including phenoxy) is 3. The van der Waals surface area contributed by atoms with Gasteiger partial charge in [0.1, 0.15) is 0 Å². The zero-order chi connectivity index (χ0) is 28.5. The van der Waals surface area contributed by atoms with Crippen LogP contribution >= 0.6 is 0 Å². The Morgan fingerprint density at radius 1 is 0.450 bits per heavy atom. The van der Waals surface area contributed by atoms with Gasteiger partial charge in [0.15, 0.2) is 0 Å². The summed E-state index contributed by atoms with van der Waals surface area (Å²) in [5.41, 5.74) is 0. The molecular weight excluding hydrogens is 496 g/mol. The van der Waals surface area contributed by atoms with Crippen molar-refractivity contribution in [2.75, 3.05) is 6.61 Å². The summed E-state index contributed by atoms with van der Waals surface area (Å²) >= 11 is 0. The molecule has 0 amide bonds. The topological polar surface area (TPSA) is 51.4 Å². The molecule has 4 nitrogen and oxygen atoms in total. The van der Waals surface area contributed by atoms with Gasteiger partial charge in [0.25, 0.3) is 0 Å². The van der Waals surface area contributed by atoms with Crippen LogP contribution in [0, 0.1) is 0 Å². The molecule has 0 aromatic rings. The number of hydrogen-bond acceptors (Lipinski definition) is 4. The van der Waals surface area contributed by atoms with E-state index in [0.29, 0.717) is 37.4 Å². The van der Waals surface area contributed by atoms with Crippen LogP contribution in [0.1, 0.15) is 194 Å². The lowest BCUT2D eigenvalue weighted by atomic mass is 10.0. The molecule has 2 saturated heterocycles. The molecule has 2 heterocycles. The molecule has 0 spiro atoms. The maximum atomic E-state index is 12.0. The fourth-order valence-corrected chi connectivity index (χ4v) is 6.18.